The van der Waals surface area contributed by atoms with Crippen LogP contribution in [0.25, 0.3) is 0 Å². The molecule has 1 atom stereocenters. The van der Waals surface area contributed by atoms with E-state index in [0.29, 0.717) is 5.69 Å². The van der Waals surface area contributed by atoms with E-state index in [2.05, 4.69) is 17.6 Å². The molecule has 2 rings (SSSR count). The first-order valence-electron chi connectivity index (χ1n) is 8.09. The highest BCUT2D eigenvalue weighted by Gasteiger charge is 2.29. The number of nitrogens with one attached hydrogen (secondary N) is 2. The van der Waals surface area contributed by atoms with E-state index in [4.69, 9.17) is 0 Å². The topological polar surface area (TPSA) is 95.6 Å². The second-order valence-corrected chi connectivity index (χ2v) is 6.63. The van der Waals surface area contributed by atoms with Crippen LogP contribution in [-0.4, -0.2) is 46.7 Å². The van der Waals surface area contributed by atoms with Crippen LogP contribution in [-0.2, 0) is 14.4 Å². The van der Waals surface area contributed by atoms with Crippen molar-refractivity contribution >= 4 is 40.4 Å². The van der Waals surface area contributed by atoms with Crippen molar-refractivity contribution in [2.24, 2.45) is 0 Å². The number of rotatable bonds is 6. The lowest BCUT2D eigenvalue weighted by atomic mass is 9.97. The molecule has 0 radical (unpaired) electrons. The lowest BCUT2D eigenvalue weighted by Crippen LogP contribution is -2.41. The zero-order chi connectivity index (χ0) is 18.4. The molecular formula is C17H21N3O4S. The van der Waals surface area contributed by atoms with Gasteiger partial charge in [-0.3, -0.25) is 24.1 Å². The minimum Gasteiger partial charge on any atom is -0.346 e. The van der Waals surface area contributed by atoms with Gasteiger partial charge in [-0.1, -0.05) is 43.8 Å². The summed E-state index contributed by atoms with van der Waals surface area (Å²) in [4.78, 5) is 47.9. The molecule has 1 heterocycles. The summed E-state index contributed by atoms with van der Waals surface area (Å²) in [6, 6.07) is 7.36. The van der Waals surface area contributed by atoms with Crippen molar-refractivity contribution in [3.8, 4) is 0 Å². The molecule has 1 aliphatic heterocycles. The Hall–Kier alpha value is -2.35. The Morgan fingerprint density at radius 3 is 2.60 bits per heavy atom. The number of carbonyl (C=O) groups is 4. The number of para-hydroxylation sites is 1. The highest BCUT2D eigenvalue weighted by atomic mass is 32.2. The van der Waals surface area contributed by atoms with Crippen molar-refractivity contribution in [2.45, 2.75) is 26.2 Å². The zero-order valence-corrected chi connectivity index (χ0v) is 15.0. The summed E-state index contributed by atoms with van der Waals surface area (Å²) in [6.45, 7) is 4.20. The maximum Gasteiger partial charge on any atom is 0.313 e. The summed E-state index contributed by atoms with van der Waals surface area (Å²) < 4.78 is 0. The van der Waals surface area contributed by atoms with Crippen molar-refractivity contribution in [3.05, 3.63) is 29.8 Å². The molecule has 1 aliphatic rings. The van der Waals surface area contributed by atoms with Crippen molar-refractivity contribution in [3.63, 3.8) is 0 Å². The Bertz CT molecular complexity index is 676. The first kappa shape index (κ1) is 19.0. The van der Waals surface area contributed by atoms with Crippen molar-refractivity contribution < 1.29 is 19.2 Å². The van der Waals surface area contributed by atoms with Gasteiger partial charge in [-0.05, 0) is 24.0 Å². The fraction of sp³-hybridized carbons (Fsp3) is 0.412. The van der Waals surface area contributed by atoms with Crippen molar-refractivity contribution in [2.75, 3.05) is 24.2 Å². The van der Waals surface area contributed by atoms with Crippen LogP contribution in [0.5, 0.6) is 0 Å². The molecule has 0 bridgehead atoms. The van der Waals surface area contributed by atoms with Crippen LogP contribution < -0.4 is 10.6 Å². The number of thioether (sulfide) groups is 1. The van der Waals surface area contributed by atoms with E-state index < -0.39 is 11.8 Å². The molecule has 1 unspecified atom stereocenters. The molecule has 0 spiro atoms. The highest BCUT2D eigenvalue weighted by molar-refractivity contribution is 8.14. The Labute approximate surface area is 150 Å². The number of nitrogens with zero attached hydrogens (tertiary/aromatic N) is 1. The summed E-state index contributed by atoms with van der Waals surface area (Å²) in [5.74, 6) is -1.48. The van der Waals surface area contributed by atoms with E-state index in [1.54, 1.807) is 12.1 Å². The predicted octanol–water partition coefficient (Wildman–Crippen LogP) is 1.95. The van der Waals surface area contributed by atoms with Gasteiger partial charge in [0.05, 0.1) is 5.75 Å². The number of hydrogen-bond donors (Lipinski definition) is 2. The summed E-state index contributed by atoms with van der Waals surface area (Å²) in [7, 11) is 0. The van der Waals surface area contributed by atoms with Crippen LogP contribution in [0.3, 0.4) is 0 Å². The second kappa shape index (κ2) is 8.66. The molecule has 134 valence electrons. The quantitative estimate of drug-likeness (QED) is 0.753. The third-order valence-electron chi connectivity index (χ3n) is 4.02. The number of amides is 4. The van der Waals surface area contributed by atoms with Gasteiger partial charge in [0.2, 0.25) is 5.91 Å². The van der Waals surface area contributed by atoms with E-state index in [-0.39, 0.29) is 35.9 Å². The highest BCUT2D eigenvalue weighted by Crippen LogP contribution is 2.26. The molecule has 0 aliphatic carbocycles. The van der Waals surface area contributed by atoms with Gasteiger partial charge in [-0.2, -0.15) is 0 Å². The summed E-state index contributed by atoms with van der Waals surface area (Å²) >= 11 is 0.932. The molecule has 8 heteroatoms. The van der Waals surface area contributed by atoms with Crippen LogP contribution in [0.15, 0.2) is 24.3 Å². The van der Waals surface area contributed by atoms with Gasteiger partial charge in [0.15, 0.2) is 0 Å². The standard InChI is InChI=1S/C17H21N3O4S/c1-3-11(2)12-6-4-5-7-13(12)19-16(23)15(22)18-8-9-20-14(21)10-25-17(20)24/h4-7,11H,3,8-10H2,1-2H3,(H,18,22)(H,19,23). The number of imide groups is 1. The van der Waals surface area contributed by atoms with E-state index in [1.165, 1.54) is 0 Å². The third-order valence-corrected chi connectivity index (χ3v) is 4.88. The summed E-state index contributed by atoms with van der Waals surface area (Å²) in [5, 5.41) is 4.72. The van der Waals surface area contributed by atoms with Crippen LogP contribution in [0.2, 0.25) is 0 Å². The zero-order valence-electron chi connectivity index (χ0n) is 14.2. The average Bonchev–Trinajstić information content (AvgIpc) is 2.93. The summed E-state index contributed by atoms with van der Waals surface area (Å²) in [5.41, 5.74) is 1.58. The Morgan fingerprint density at radius 1 is 1.24 bits per heavy atom. The Morgan fingerprint density at radius 2 is 1.96 bits per heavy atom. The first-order chi connectivity index (χ1) is 11.9. The van der Waals surface area contributed by atoms with Crippen LogP contribution in [0, 0.1) is 0 Å². The molecular weight excluding hydrogens is 342 g/mol. The predicted molar refractivity (Wildman–Crippen MR) is 96.4 cm³/mol. The Kier molecular flexibility index (Phi) is 6.58. The molecule has 0 saturated carbocycles. The SMILES string of the molecule is CCC(C)c1ccccc1NC(=O)C(=O)NCCN1C(=O)CSC1=O. The third kappa shape index (κ3) is 4.82. The molecule has 1 aromatic rings. The molecule has 1 saturated heterocycles. The van der Waals surface area contributed by atoms with E-state index in [1.807, 2.05) is 19.1 Å². The molecule has 25 heavy (non-hydrogen) atoms. The molecule has 7 nitrogen and oxygen atoms in total. The van der Waals surface area contributed by atoms with Crippen molar-refractivity contribution in [1.29, 1.82) is 0 Å². The molecule has 1 aromatic carbocycles. The second-order valence-electron chi connectivity index (χ2n) is 5.71. The monoisotopic (exact) mass is 363 g/mol. The largest absolute Gasteiger partial charge is 0.346 e. The smallest absolute Gasteiger partial charge is 0.313 e. The van der Waals surface area contributed by atoms with Gasteiger partial charge < -0.3 is 10.6 Å². The van der Waals surface area contributed by atoms with E-state index in [9.17, 15) is 19.2 Å². The van der Waals surface area contributed by atoms with Gasteiger partial charge in [0, 0.05) is 18.8 Å². The first-order valence-corrected chi connectivity index (χ1v) is 9.07. The number of anilines is 1. The van der Waals surface area contributed by atoms with Gasteiger partial charge in [-0.25, -0.2) is 0 Å². The molecule has 1 fully saturated rings. The van der Waals surface area contributed by atoms with Gasteiger partial charge >= 0.3 is 11.8 Å². The van der Waals surface area contributed by atoms with Gasteiger partial charge in [0.25, 0.3) is 5.24 Å². The van der Waals surface area contributed by atoms with Crippen LogP contribution in [0.4, 0.5) is 10.5 Å². The van der Waals surface area contributed by atoms with Crippen LogP contribution in [0.1, 0.15) is 31.7 Å². The maximum absolute atomic E-state index is 12.1. The van der Waals surface area contributed by atoms with Crippen molar-refractivity contribution in [1.82, 2.24) is 10.2 Å². The van der Waals surface area contributed by atoms with E-state index in [0.717, 1.165) is 28.6 Å². The van der Waals surface area contributed by atoms with E-state index >= 15 is 0 Å². The summed E-state index contributed by atoms with van der Waals surface area (Å²) in [6.07, 6.45) is 0.912. The number of carbonyl (C=O) groups excluding carboxylic acids is 4. The minimum atomic E-state index is -0.800. The fourth-order valence-corrected chi connectivity index (χ4v) is 3.15. The Balaban J connectivity index is 1.88. The lowest BCUT2D eigenvalue weighted by Gasteiger charge is -2.16. The molecule has 4 amide bonds. The number of hydrogen-bond acceptors (Lipinski definition) is 5. The number of benzene rings is 1. The van der Waals surface area contributed by atoms with Crippen LogP contribution >= 0.6 is 11.8 Å². The molecule has 2 N–H and O–H groups in total. The average molecular weight is 363 g/mol. The van der Waals surface area contributed by atoms with Gasteiger partial charge in [-0.15, -0.1) is 0 Å². The maximum atomic E-state index is 12.1. The fourth-order valence-electron chi connectivity index (χ4n) is 2.40. The van der Waals surface area contributed by atoms with Gasteiger partial charge in [0.1, 0.15) is 0 Å². The lowest BCUT2D eigenvalue weighted by molar-refractivity contribution is -0.136. The molecule has 0 aromatic heterocycles. The normalized spacial score (nSPS) is 15.2. The minimum absolute atomic E-state index is 0.0390.